The number of benzene rings is 2. The summed E-state index contributed by atoms with van der Waals surface area (Å²) in [5.41, 5.74) is 5.55. The highest BCUT2D eigenvalue weighted by Crippen LogP contribution is 2.58. The van der Waals surface area contributed by atoms with Crippen molar-refractivity contribution in [2.75, 3.05) is 11.4 Å². The fraction of sp³-hybridized carbons (Fsp3) is 0.320. The van der Waals surface area contributed by atoms with Crippen LogP contribution >= 0.6 is 15.9 Å². The van der Waals surface area contributed by atoms with Gasteiger partial charge in [-0.3, -0.25) is 0 Å². The van der Waals surface area contributed by atoms with Crippen molar-refractivity contribution in [3.8, 4) is 0 Å². The summed E-state index contributed by atoms with van der Waals surface area (Å²) in [6, 6.07) is 13.0. The number of anilines is 1. The van der Waals surface area contributed by atoms with E-state index in [-0.39, 0.29) is 0 Å². The Morgan fingerprint density at radius 1 is 1.03 bits per heavy atom. The summed E-state index contributed by atoms with van der Waals surface area (Å²) in [7, 11) is 0. The molecular weight excluding hydrogens is 426 g/mol. The molecule has 2 aromatic carbocycles. The third-order valence-electron chi connectivity index (χ3n) is 7.31. The van der Waals surface area contributed by atoms with E-state index in [1.807, 2.05) is 12.1 Å². The molecule has 5 atom stereocenters. The van der Waals surface area contributed by atoms with Crippen molar-refractivity contribution < 1.29 is 9.90 Å². The summed E-state index contributed by atoms with van der Waals surface area (Å²) >= 11 is 3.57. The third kappa shape index (κ3) is 2.51. The Kier molecular flexibility index (Phi) is 3.83. The number of carboxylic acid groups (broad SMARTS) is 1. The minimum Gasteiger partial charge on any atom is -0.478 e. The third-order valence-corrected chi connectivity index (χ3v) is 7.84. The number of rotatable bonds is 2. The Balaban J connectivity index is 1.59. The van der Waals surface area contributed by atoms with Crippen LogP contribution < -0.4 is 4.90 Å². The Morgan fingerprint density at radius 2 is 1.79 bits per heavy atom. The van der Waals surface area contributed by atoms with Crippen LogP contribution in [-0.4, -0.2) is 17.6 Å². The Labute approximate surface area is 178 Å². The maximum absolute atomic E-state index is 11.9. The second kappa shape index (κ2) is 6.33. The maximum Gasteiger partial charge on any atom is 0.335 e. The van der Waals surface area contributed by atoms with Gasteiger partial charge in [-0.05, 0) is 65.6 Å². The van der Waals surface area contributed by atoms with E-state index in [9.17, 15) is 9.90 Å². The van der Waals surface area contributed by atoms with E-state index in [4.69, 9.17) is 0 Å². The van der Waals surface area contributed by atoms with Crippen molar-refractivity contribution >= 4 is 27.6 Å². The lowest BCUT2D eigenvalue weighted by molar-refractivity contribution is 0.0696. The van der Waals surface area contributed by atoms with Crippen LogP contribution in [0.5, 0.6) is 0 Å². The fourth-order valence-corrected chi connectivity index (χ4v) is 6.39. The van der Waals surface area contributed by atoms with Gasteiger partial charge in [0.2, 0.25) is 0 Å². The molecule has 29 heavy (non-hydrogen) atoms. The van der Waals surface area contributed by atoms with Crippen molar-refractivity contribution in [3.05, 3.63) is 87.4 Å². The molecule has 6 rings (SSSR count). The number of aromatic carboxylic acids is 1. The van der Waals surface area contributed by atoms with Gasteiger partial charge < -0.3 is 10.0 Å². The van der Waals surface area contributed by atoms with Gasteiger partial charge in [-0.2, -0.15) is 0 Å². The number of nitrogens with zero attached hydrogens (tertiary/aromatic N) is 1. The van der Waals surface area contributed by atoms with Crippen molar-refractivity contribution in [3.63, 3.8) is 0 Å². The minimum atomic E-state index is -0.822. The maximum atomic E-state index is 11.9. The first-order chi connectivity index (χ1) is 14.1. The van der Waals surface area contributed by atoms with E-state index < -0.39 is 5.97 Å². The molecule has 3 nitrogen and oxygen atoms in total. The lowest BCUT2D eigenvalue weighted by Crippen LogP contribution is -2.46. The number of fused-ring (bicyclic) bond motifs is 4. The molecule has 0 fully saturated rings. The summed E-state index contributed by atoms with van der Waals surface area (Å²) in [6.07, 6.45) is 11.3. The molecule has 0 radical (unpaired) electrons. The number of allylic oxidation sites excluding steroid dienone is 3. The summed E-state index contributed by atoms with van der Waals surface area (Å²) in [6.45, 7) is 1.03. The van der Waals surface area contributed by atoms with Gasteiger partial charge in [0, 0.05) is 28.5 Å². The summed E-state index contributed by atoms with van der Waals surface area (Å²) in [4.78, 5) is 14.5. The molecule has 0 amide bonds. The number of hydrogen-bond acceptors (Lipinski definition) is 2. The number of carboxylic acids is 1. The molecule has 0 aromatic heterocycles. The molecule has 0 saturated carbocycles. The standard InChI is InChI=1S/C25H22BrNO2/c26-17-9-7-14(8-10-17)23-20-6-2-5-19(20)22-12-16(25(28)29)11-21-18-4-1-3-15(18)13-27(23)24(21)22/h1-2,4,6-12,15,18-20,23H,3,5,13H2,(H,28,29)/t15-,18-,19+,20-,23+/m0/s1. The molecule has 1 N–H and O–H groups in total. The van der Waals surface area contributed by atoms with Crippen LogP contribution in [0.15, 0.2) is 65.2 Å². The zero-order valence-corrected chi connectivity index (χ0v) is 17.5. The quantitative estimate of drug-likeness (QED) is 0.570. The zero-order chi connectivity index (χ0) is 19.7. The molecule has 0 bridgehead atoms. The number of hydrogen-bond donors (Lipinski definition) is 1. The van der Waals surface area contributed by atoms with Gasteiger partial charge in [0.1, 0.15) is 0 Å². The van der Waals surface area contributed by atoms with E-state index in [0.717, 1.165) is 23.9 Å². The zero-order valence-electron chi connectivity index (χ0n) is 16.0. The molecule has 2 aliphatic heterocycles. The highest BCUT2D eigenvalue weighted by atomic mass is 79.9. The highest BCUT2D eigenvalue weighted by molar-refractivity contribution is 9.10. The molecule has 2 aromatic rings. The largest absolute Gasteiger partial charge is 0.478 e. The van der Waals surface area contributed by atoms with Crippen molar-refractivity contribution in [1.29, 1.82) is 0 Å². The van der Waals surface area contributed by atoms with Crippen molar-refractivity contribution in [1.82, 2.24) is 0 Å². The Hall–Kier alpha value is -2.33. The molecule has 2 heterocycles. The van der Waals surface area contributed by atoms with Gasteiger partial charge in [-0.15, -0.1) is 0 Å². The van der Waals surface area contributed by atoms with Crippen LogP contribution in [0, 0.1) is 11.8 Å². The van der Waals surface area contributed by atoms with Gasteiger partial charge in [-0.25, -0.2) is 4.79 Å². The van der Waals surface area contributed by atoms with E-state index in [1.54, 1.807) is 0 Å². The summed E-state index contributed by atoms with van der Waals surface area (Å²) in [5.74, 6) is 0.786. The monoisotopic (exact) mass is 447 g/mol. The first kappa shape index (κ1) is 17.5. The Morgan fingerprint density at radius 3 is 2.59 bits per heavy atom. The van der Waals surface area contributed by atoms with Crippen LogP contribution in [0.4, 0.5) is 5.69 Å². The van der Waals surface area contributed by atoms with Crippen LogP contribution in [0.2, 0.25) is 0 Å². The van der Waals surface area contributed by atoms with Crippen LogP contribution in [-0.2, 0) is 0 Å². The summed E-state index contributed by atoms with van der Waals surface area (Å²) < 4.78 is 1.10. The summed E-state index contributed by atoms with van der Waals surface area (Å²) in [5, 5.41) is 9.78. The molecule has 2 aliphatic carbocycles. The van der Waals surface area contributed by atoms with Crippen molar-refractivity contribution in [2.45, 2.75) is 30.7 Å². The van der Waals surface area contributed by atoms with Gasteiger partial charge >= 0.3 is 5.97 Å². The van der Waals surface area contributed by atoms with Crippen LogP contribution in [0.25, 0.3) is 0 Å². The molecule has 4 aliphatic rings. The topological polar surface area (TPSA) is 40.5 Å². The smallest absolute Gasteiger partial charge is 0.335 e. The predicted molar refractivity (Wildman–Crippen MR) is 118 cm³/mol. The van der Waals surface area contributed by atoms with Crippen molar-refractivity contribution in [2.24, 2.45) is 11.8 Å². The van der Waals surface area contributed by atoms with Crippen LogP contribution in [0.3, 0.4) is 0 Å². The van der Waals surface area contributed by atoms with E-state index >= 15 is 0 Å². The first-order valence-electron chi connectivity index (χ1n) is 10.4. The SMILES string of the molecule is O=C(O)c1cc2c3c(c1)[C@@H]1CC=C[C@@H]1[C@@H](c1ccc(Br)cc1)N3C[C@@H]1CC=C[C@H]21. The van der Waals surface area contributed by atoms with Gasteiger partial charge in [0.05, 0.1) is 11.6 Å². The second-order valence-corrected chi connectivity index (χ2v) is 9.67. The first-order valence-corrected chi connectivity index (χ1v) is 11.2. The lowest BCUT2D eigenvalue weighted by atomic mass is 9.70. The normalized spacial score (nSPS) is 30.8. The van der Waals surface area contributed by atoms with E-state index in [0.29, 0.717) is 35.3 Å². The molecule has 4 heteroatoms. The van der Waals surface area contributed by atoms with Gasteiger partial charge in [0.15, 0.2) is 0 Å². The number of halogens is 1. The Bertz CT molecular complexity index is 1070. The van der Waals surface area contributed by atoms with E-state index in [1.165, 1.54) is 22.4 Å². The fourth-order valence-electron chi connectivity index (χ4n) is 6.12. The molecule has 146 valence electrons. The molecular formula is C25H22BrNO2. The predicted octanol–water partition coefficient (Wildman–Crippen LogP) is 6.04. The average Bonchev–Trinajstić information content (AvgIpc) is 3.38. The van der Waals surface area contributed by atoms with Gasteiger partial charge in [-0.1, -0.05) is 52.4 Å². The minimum absolute atomic E-state index is 0.301. The van der Waals surface area contributed by atoms with Gasteiger partial charge in [0.25, 0.3) is 0 Å². The highest BCUT2D eigenvalue weighted by Gasteiger charge is 2.47. The lowest BCUT2D eigenvalue weighted by Gasteiger charge is -2.51. The van der Waals surface area contributed by atoms with Crippen LogP contribution in [0.1, 0.15) is 57.8 Å². The second-order valence-electron chi connectivity index (χ2n) is 8.75. The number of carbonyl (C=O) groups is 1. The molecule has 0 saturated heterocycles. The average molecular weight is 448 g/mol. The molecule has 0 unspecified atom stereocenters. The molecule has 0 spiro atoms. The van der Waals surface area contributed by atoms with E-state index in [2.05, 4.69) is 69.4 Å².